The molecule has 0 fully saturated rings. The summed E-state index contributed by atoms with van der Waals surface area (Å²) in [5.41, 5.74) is 0. The van der Waals surface area contributed by atoms with Crippen LogP contribution in [0.3, 0.4) is 0 Å². The highest BCUT2D eigenvalue weighted by molar-refractivity contribution is 8.14. The fourth-order valence-electron chi connectivity index (χ4n) is 0.284. The van der Waals surface area contributed by atoms with Gasteiger partial charge in [-0.1, -0.05) is 25.3 Å². The molecule has 0 bridgehead atoms. The molecule has 3 heteroatoms. The summed E-state index contributed by atoms with van der Waals surface area (Å²) in [7, 11) is 0. The van der Waals surface area contributed by atoms with Gasteiger partial charge in [0.05, 0.1) is 6.61 Å². The Morgan fingerprint density at radius 3 is 2.89 bits per heavy atom. The van der Waals surface area contributed by atoms with E-state index in [1.165, 1.54) is 6.08 Å². The van der Waals surface area contributed by atoms with Gasteiger partial charge in [0.1, 0.15) is 0 Å². The summed E-state index contributed by atoms with van der Waals surface area (Å²) in [5, 5.41) is 8.37. The van der Waals surface area contributed by atoms with Crippen LogP contribution in [-0.4, -0.2) is 22.1 Å². The van der Waals surface area contributed by atoms with Gasteiger partial charge < -0.3 is 5.11 Å². The minimum Gasteiger partial charge on any atom is -0.395 e. The highest BCUT2D eigenvalue weighted by Gasteiger charge is 2.03. The fraction of sp³-hybridized carbons (Fsp3) is 0.500. The van der Waals surface area contributed by atoms with Crippen molar-refractivity contribution in [3.8, 4) is 0 Å². The van der Waals surface area contributed by atoms with E-state index >= 15 is 0 Å². The van der Waals surface area contributed by atoms with Crippen LogP contribution < -0.4 is 0 Å². The summed E-state index contributed by atoms with van der Waals surface area (Å²) in [6.45, 7) is 5.11. The average molecular weight is 146 g/mol. The maximum atomic E-state index is 10.5. The van der Waals surface area contributed by atoms with Crippen molar-refractivity contribution < 1.29 is 9.90 Å². The molecule has 0 aromatic heterocycles. The number of hydrogen-bond acceptors (Lipinski definition) is 3. The molecule has 52 valence electrons. The van der Waals surface area contributed by atoms with Crippen LogP contribution in [0.15, 0.2) is 12.7 Å². The molecule has 1 unspecified atom stereocenters. The Kier molecular flexibility index (Phi) is 4.44. The molecule has 9 heavy (non-hydrogen) atoms. The van der Waals surface area contributed by atoms with Gasteiger partial charge in [-0.25, -0.2) is 0 Å². The molecule has 1 atom stereocenters. The van der Waals surface area contributed by atoms with E-state index in [0.717, 1.165) is 11.8 Å². The molecular formula is C6H10O2S. The van der Waals surface area contributed by atoms with E-state index in [4.69, 9.17) is 5.11 Å². The lowest BCUT2D eigenvalue weighted by molar-refractivity contribution is -0.107. The lowest BCUT2D eigenvalue weighted by atomic mass is 10.5. The molecule has 0 aromatic carbocycles. The largest absolute Gasteiger partial charge is 0.395 e. The van der Waals surface area contributed by atoms with Crippen molar-refractivity contribution in [3.05, 3.63) is 12.7 Å². The number of rotatable bonds is 3. The fourth-order valence-corrected chi connectivity index (χ4v) is 0.851. The Hall–Kier alpha value is -0.280. The highest BCUT2D eigenvalue weighted by atomic mass is 32.2. The standard InChI is InChI=1S/C6H10O2S/c1-3-6(8)9-5(2)4-7/h3,5,7H,1,4H2,2H3. The molecular weight excluding hydrogens is 136 g/mol. The van der Waals surface area contributed by atoms with Gasteiger partial charge in [-0.15, -0.1) is 0 Å². The smallest absolute Gasteiger partial charge is 0.211 e. The maximum absolute atomic E-state index is 10.5. The Bertz CT molecular complexity index is 112. The van der Waals surface area contributed by atoms with Crippen molar-refractivity contribution in [1.29, 1.82) is 0 Å². The molecule has 0 aliphatic rings. The van der Waals surface area contributed by atoms with E-state index < -0.39 is 0 Å². The van der Waals surface area contributed by atoms with Crippen molar-refractivity contribution in [3.63, 3.8) is 0 Å². The van der Waals surface area contributed by atoms with Gasteiger partial charge in [-0.3, -0.25) is 4.79 Å². The molecule has 0 aromatic rings. The zero-order chi connectivity index (χ0) is 7.28. The minimum atomic E-state index is -0.0865. The number of aliphatic hydroxyl groups excluding tert-OH is 1. The van der Waals surface area contributed by atoms with Crippen molar-refractivity contribution in [2.24, 2.45) is 0 Å². The summed E-state index contributed by atoms with van der Waals surface area (Å²) >= 11 is 1.09. The second-order valence-electron chi connectivity index (χ2n) is 1.63. The van der Waals surface area contributed by atoms with Crippen LogP contribution in [0.4, 0.5) is 0 Å². The molecule has 0 aliphatic carbocycles. The second-order valence-corrected chi connectivity index (χ2v) is 3.08. The number of aliphatic hydroxyl groups is 1. The lowest BCUT2D eigenvalue weighted by Gasteiger charge is -2.01. The SMILES string of the molecule is C=CC(=O)SC(C)CO. The van der Waals surface area contributed by atoms with Crippen LogP contribution in [0.25, 0.3) is 0 Å². The highest BCUT2D eigenvalue weighted by Crippen LogP contribution is 2.10. The first kappa shape index (κ1) is 8.72. The molecule has 0 saturated carbocycles. The summed E-state index contributed by atoms with van der Waals surface area (Å²) in [4.78, 5) is 10.5. The molecule has 0 rings (SSSR count). The Balaban J connectivity index is 3.46. The topological polar surface area (TPSA) is 37.3 Å². The zero-order valence-corrected chi connectivity index (χ0v) is 6.15. The molecule has 0 spiro atoms. The molecule has 2 nitrogen and oxygen atoms in total. The first-order valence-corrected chi connectivity index (χ1v) is 3.52. The van der Waals surface area contributed by atoms with Crippen LogP contribution >= 0.6 is 11.8 Å². The summed E-state index contributed by atoms with van der Waals surface area (Å²) in [6.07, 6.45) is 1.25. The van der Waals surface area contributed by atoms with Crippen LogP contribution in [0.2, 0.25) is 0 Å². The normalized spacial score (nSPS) is 12.7. The van der Waals surface area contributed by atoms with E-state index in [2.05, 4.69) is 6.58 Å². The molecule has 1 N–H and O–H groups in total. The maximum Gasteiger partial charge on any atom is 0.211 e. The Morgan fingerprint density at radius 2 is 2.56 bits per heavy atom. The van der Waals surface area contributed by atoms with Gasteiger partial charge in [0.15, 0.2) is 0 Å². The average Bonchev–Trinajstić information content (AvgIpc) is 1.87. The molecule has 0 aliphatic heterocycles. The van der Waals surface area contributed by atoms with Crippen LogP contribution in [0.1, 0.15) is 6.92 Å². The number of thioether (sulfide) groups is 1. The van der Waals surface area contributed by atoms with E-state index in [0.29, 0.717) is 0 Å². The minimum absolute atomic E-state index is 0.0181. The van der Waals surface area contributed by atoms with Crippen LogP contribution in [0, 0.1) is 0 Å². The predicted octanol–water partition coefficient (Wildman–Crippen LogP) is 0.813. The molecule has 0 radical (unpaired) electrons. The summed E-state index contributed by atoms with van der Waals surface area (Å²) < 4.78 is 0. The van der Waals surface area contributed by atoms with E-state index in [-0.39, 0.29) is 17.0 Å². The third-order valence-corrected chi connectivity index (χ3v) is 1.69. The monoisotopic (exact) mass is 146 g/mol. The van der Waals surface area contributed by atoms with Crippen molar-refractivity contribution >= 4 is 16.9 Å². The first-order chi connectivity index (χ1) is 4.20. The van der Waals surface area contributed by atoms with Crippen molar-refractivity contribution in [2.45, 2.75) is 12.2 Å². The predicted molar refractivity (Wildman–Crippen MR) is 39.3 cm³/mol. The van der Waals surface area contributed by atoms with Gasteiger partial charge in [-0.2, -0.15) is 0 Å². The summed E-state index contributed by atoms with van der Waals surface area (Å²) in [5.74, 6) is 0. The number of hydrogen-bond donors (Lipinski definition) is 1. The van der Waals surface area contributed by atoms with Gasteiger partial charge in [0.25, 0.3) is 0 Å². The van der Waals surface area contributed by atoms with Gasteiger partial charge in [0, 0.05) is 5.25 Å². The van der Waals surface area contributed by atoms with Gasteiger partial charge >= 0.3 is 0 Å². The third-order valence-electron chi connectivity index (χ3n) is 0.741. The number of carbonyl (C=O) groups is 1. The number of carbonyl (C=O) groups excluding carboxylic acids is 1. The van der Waals surface area contributed by atoms with Crippen LogP contribution in [0.5, 0.6) is 0 Å². The molecule has 0 heterocycles. The van der Waals surface area contributed by atoms with E-state index in [1.807, 2.05) is 0 Å². The Labute approximate surface area is 59.0 Å². The van der Waals surface area contributed by atoms with E-state index in [1.54, 1.807) is 6.92 Å². The van der Waals surface area contributed by atoms with Gasteiger partial charge in [0.2, 0.25) is 5.12 Å². The summed E-state index contributed by atoms with van der Waals surface area (Å²) in [6, 6.07) is 0. The Morgan fingerprint density at radius 1 is 2.00 bits per heavy atom. The van der Waals surface area contributed by atoms with E-state index in [9.17, 15) is 4.79 Å². The molecule has 0 saturated heterocycles. The van der Waals surface area contributed by atoms with Crippen molar-refractivity contribution in [1.82, 2.24) is 0 Å². The van der Waals surface area contributed by atoms with Gasteiger partial charge in [-0.05, 0) is 6.08 Å². The quantitative estimate of drug-likeness (QED) is 0.599. The third kappa shape index (κ3) is 4.24. The van der Waals surface area contributed by atoms with Crippen molar-refractivity contribution in [2.75, 3.05) is 6.61 Å². The molecule has 0 amide bonds. The zero-order valence-electron chi connectivity index (χ0n) is 5.33. The second kappa shape index (κ2) is 4.58. The first-order valence-electron chi connectivity index (χ1n) is 2.64. The lowest BCUT2D eigenvalue weighted by Crippen LogP contribution is -2.04. The van der Waals surface area contributed by atoms with Crippen LogP contribution in [-0.2, 0) is 4.79 Å².